The number of aryl methyl sites for hydroxylation is 1. The smallest absolute Gasteiger partial charge is 0.224 e. The molecule has 0 amide bonds. The first-order chi connectivity index (χ1) is 16.4. The minimum absolute atomic E-state index is 0.0709. The number of alkyl halides is 1. The molecule has 9 nitrogen and oxygen atoms in total. The number of hydrogen-bond donors (Lipinski definition) is 5. The van der Waals surface area contributed by atoms with Gasteiger partial charge in [-0.2, -0.15) is 4.98 Å². The molecule has 1 aliphatic carbocycles. The first-order valence-electron chi connectivity index (χ1n) is 11.4. The van der Waals surface area contributed by atoms with Gasteiger partial charge in [-0.15, -0.1) is 11.3 Å². The summed E-state index contributed by atoms with van der Waals surface area (Å²) in [5.74, 6) is 0.464. The second kappa shape index (κ2) is 10.9. The van der Waals surface area contributed by atoms with Gasteiger partial charge in [-0.05, 0) is 31.9 Å². The first kappa shape index (κ1) is 24.7. The van der Waals surface area contributed by atoms with Crippen LogP contribution in [0.25, 0.3) is 20.8 Å². The van der Waals surface area contributed by atoms with E-state index in [1.165, 1.54) is 11.3 Å². The number of nitrogens with one attached hydrogen (secondary N) is 3. The van der Waals surface area contributed by atoms with E-state index in [-0.39, 0.29) is 18.4 Å². The van der Waals surface area contributed by atoms with Crippen LogP contribution in [0.15, 0.2) is 24.3 Å². The number of benzene rings is 1. The zero-order valence-electron chi connectivity index (χ0n) is 19.3. The molecule has 0 radical (unpaired) electrons. The van der Waals surface area contributed by atoms with Crippen molar-refractivity contribution in [1.82, 2.24) is 20.3 Å². The van der Waals surface area contributed by atoms with E-state index >= 15 is 0 Å². The number of halogens is 1. The Balaban J connectivity index is 1.64. The lowest BCUT2D eigenvalue weighted by atomic mass is 10.0. The van der Waals surface area contributed by atoms with Gasteiger partial charge in [0.2, 0.25) is 5.95 Å². The van der Waals surface area contributed by atoms with Crippen molar-refractivity contribution >= 4 is 33.3 Å². The molecule has 0 aliphatic heterocycles. The normalized spacial score (nSPS) is 22.4. The number of nitrogens with zero attached hydrogens (tertiary/aromatic N) is 3. The summed E-state index contributed by atoms with van der Waals surface area (Å²) in [7, 11) is 1.64. The van der Waals surface area contributed by atoms with Gasteiger partial charge in [0, 0.05) is 32.7 Å². The van der Waals surface area contributed by atoms with Gasteiger partial charge in [0.1, 0.15) is 23.6 Å². The molecule has 4 rings (SSSR count). The Labute approximate surface area is 201 Å². The summed E-state index contributed by atoms with van der Waals surface area (Å²) in [6.45, 7) is 3.14. The summed E-state index contributed by atoms with van der Waals surface area (Å²) in [4.78, 5) is 13.8. The molecule has 5 N–H and O–H groups in total. The highest BCUT2D eigenvalue weighted by molar-refractivity contribution is 7.21. The molecular formula is C23H31FN6O3S. The number of fused-ring (bicyclic) bond motifs is 1. The summed E-state index contributed by atoms with van der Waals surface area (Å²) in [6, 6.07) is 7.81. The number of hydrogen-bond acceptors (Lipinski definition) is 10. The molecular weight excluding hydrogens is 459 g/mol. The lowest BCUT2D eigenvalue weighted by Crippen LogP contribution is -2.49. The fourth-order valence-corrected chi connectivity index (χ4v) is 5.32. The molecule has 34 heavy (non-hydrogen) atoms. The number of para-hydroxylation sites is 1. The first-order valence-corrected chi connectivity index (χ1v) is 12.2. The van der Waals surface area contributed by atoms with Gasteiger partial charge in [-0.1, -0.05) is 12.1 Å². The third kappa shape index (κ3) is 5.28. The number of ether oxygens (including phenoxy) is 1. The minimum atomic E-state index is -1.57. The summed E-state index contributed by atoms with van der Waals surface area (Å²) >= 11 is 1.50. The van der Waals surface area contributed by atoms with E-state index in [1.54, 1.807) is 7.11 Å². The number of rotatable bonds is 11. The molecule has 3 aromatic rings. The molecule has 0 bridgehead atoms. The van der Waals surface area contributed by atoms with Crippen molar-refractivity contribution in [3.63, 3.8) is 0 Å². The van der Waals surface area contributed by atoms with Gasteiger partial charge >= 0.3 is 0 Å². The van der Waals surface area contributed by atoms with Gasteiger partial charge < -0.3 is 30.9 Å². The molecule has 1 aromatic carbocycles. The van der Waals surface area contributed by atoms with Crippen LogP contribution in [-0.2, 0) is 4.74 Å². The van der Waals surface area contributed by atoms with Crippen LogP contribution in [0.1, 0.15) is 18.5 Å². The van der Waals surface area contributed by atoms with Crippen LogP contribution in [0, 0.1) is 12.8 Å². The predicted octanol–water partition coefficient (Wildman–Crippen LogP) is 2.55. The highest BCUT2D eigenvalue weighted by Gasteiger charge is 2.47. The van der Waals surface area contributed by atoms with Gasteiger partial charge in [0.15, 0.2) is 5.72 Å². The van der Waals surface area contributed by atoms with E-state index in [0.717, 1.165) is 10.2 Å². The van der Waals surface area contributed by atoms with Crippen molar-refractivity contribution in [2.75, 3.05) is 50.7 Å². The van der Waals surface area contributed by atoms with Crippen LogP contribution < -0.4 is 16.0 Å². The van der Waals surface area contributed by atoms with E-state index in [9.17, 15) is 14.6 Å². The van der Waals surface area contributed by atoms with Crippen LogP contribution in [0.3, 0.4) is 0 Å². The number of aliphatic hydroxyl groups excluding tert-OH is 1. The second-order valence-electron chi connectivity index (χ2n) is 8.45. The van der Waals surface area contributed by atoms with Gasteiger partial charge in [0.25, 0.3) is 0 Å². The average Bonchev–Trinajstić information content (AvgIpc) is 3.36. The Kier molecular flexibility index (Phi) is 7.89. The summed E-state index contributed by atoms with van der Waals surface area (Å²) in [5.41, 5.74) is 0.562. The van der Waals surface area contributed by atoms with E-state index in [4.69, 9.17) is 9.72 Å². The Hall–Kier alpha value is -2.44. The molecule has 1 aliphatic rings. The molecule has 0 saturated heterocycles. The lowest BCUT2D eigenvalue weighted by Gasteiger charge is -2.31. The summed E-state index contributed by atoms with van der Waals surface area (Å²) in [6.07, 6.45) is -0.0262. The quantitative estimate of drug-likeness (QED) is 0.204. The van der Waals surface area contributed by atoms with Crippen LogP contribution in [0.4, 0.5) is 16.2 Å². The maximum Gasteiger partial charge on any atom is 0.224 e. The predicted molar refractivity (Wildman–Crippen MR) is 132 cm³/mol. The Morgan fingerprint density at radius 2 is 2.06 bits per heavy atom. The fourth-order valence-electron chi connectivity index (χ4n) is 4.25. The van der Waals surface area contributed by atoms with Crippen molar-refractivity contribution in [2.24, 2.45) is 5.92 Å². The minimum Gasteiger partial charge on any atom is -0.388 e. The van der Waals surface area contributed by atoms with Crippen molar-refractivity contribution in [1.29, 1.82) is 0 Å². The number of aromatic nitrogens is 3. The van der Waals surface area contributed by atoms with Crippen molar-refractivity contribution < 1.29 is 19.3 Å². The molecule has 3 unspecified atom stereocenters. The molecule has 2 heterocycles. The van der Waals surface area contributed by atoms with Gasteiger partial charge in [0.05, 0.1) is 28.1 Å². The molecule has 1 fully saturated rings. The van der Waals surface area contributed by atoms with E-state index in [1.807, 2.05) is 31.2 Å². The SMILES string of the molecule is COCCNCC1CCC(O)(Nc2nc(NCCF)nc(C)c2-c2nc3ccccc3s2)C1O. The topological polar surface area (TPSA) is 124 Å². The fraction of sp³-hybridized carbons (Fsp3) is 0.522. The summed E-state index contributed by atoms with van der Waals surface area (Å²) < 4.78 is 18.8. The molecule has 1 saturated carbocycles. The van der Waals surface area contributed by atoms with Gasteiger partial charge in [-0.25, -0.2) is 14.4 Å². The van der Waals surface area contributed by atoms with Crippen LogP contribution >= 0.6 is 11.3 Å². The molecule has 0 spiro atoms. The summed E-state index contributed by atoms with van der Waals surface area (Å²) in [5, 5.41) is 32.3. The van der Waals surface area contributed by atoms with Crippen LogP contribution in [0.5, 0.6) is 0 Å². The monoisotopic (exact) mass is 490 g/mol. The van der Waals surface area contributed by atoms with Gasteiger partial charge in [-0.3, -0.25) is 0 Å². The Morgan fingerprint density at radius 3 is 2.82 bits per heavy atom. The largest absolute Gasteiger partial charge is 0.388 e. The van der Waals surface area contributed by atoms with Crippen molar-refractivity contribution in [3.8, 4) is 10.6 Å². The average molecular weight is 491 g/mol. The molecule has 3 atom stereocenters. The number of methoxy groups -OCH3 is 1. The molecule has 184 valence electrons. The molecule has 2 aromatic heterocycles. The number of thiazole rings is 1. The number of anilines is 2. The Morgan fingerprint density at radius 1 is 1.24 bits per heavy atom. The van der Waals surface area contributed by atoms with E-state index in [0.29, 0.717) is 54.6 Å². The van der Waals surface area contributed by atoms with E-state index in [2.05, 4.69) is 25.9 Å². The Bertz CT molecular complexity index is 1080. The van der Waals surface area contributed by atoms with Crippen molar-refractivity contribution in [3.05, 3.63) is 30.0 Å². The lowest BCUT2D eigenvalue weighted by molar-refractivity contribution is -0.0470. The maximum atomic E-state index is 12.7. The zero-order chi connectivity index (χ0) is 24.1. The highest BCUT2D eigenvalue weighted by atomic mass is 32.1. The van der Waals surface area contributed by atoms with Crippen LogP contribution in [-0.4, -0.2) is 77.0 Å². The third-order valence-corrected chi connectivity index (χ3v) is 7.09. The third-order valence-electron chi connectivity index (χ3n) is 6.03. The number of aliphatic hydroxyl groups is 2. The zero-order valence-corrected chi connectivity index (χ0v) is 20.2. The highest BCUT2D eigenvalue weighted by Crippen LogP contribution is 2.40. The molecule has 11 heteroatoms. The van der Waals surface area contributed by atoms with Crippen LogP contribution in [0.2, 0.25) is 0 Å². The van der Waals surface area contributed by atoms with E-state index < -0.39 is 18.5 Å². The van der Waals surface area contributed by atoms with Crippen molar-refractivity contribution in [2.45, 2.75) is 31.6 Å². The standard InChI is InChI=1S/C23H31FN6O3S/c1-14-18(21-28-16-5-3-4-6-17(16)34-21)20(29-22(27-14)26-10-9-24)30-23(32)8-7-15(19(23)31)13-25-11-12-33-2/h3-6,15,19,25,31-32H,7-13H2,1-2H3,(H2,26,27,29,30). The maximum absolute atomic E-state index is 12.7. The second-order valence-corrected chi connectivity index (χ2v) is 9.48.